The number of rotatable bonds is 8. The van der Waals surface area contributed by atoms with E-state index in [-0.39, 0.29) is 36.0 Å². The van der Waals surface area contributed by atoms with E-state index in [1.54, 1.807) is 24.1 Å². The standard InChI is InChI=1S/C24H38FN3O4/c1-16(2)19(26-23(30)32-24(3,4)5)13-14-28(6)22(29)27-21(20-8-7-15-31-20)17-9-11-18(25)12-10-17/h9-12,16,19-21H,7-8,13-15H2,1-6H3,(H,26,30)(H,27,29). The molecule has 7 nitrogen and oxygen atoms in total. The molecule has 3 amide bonds. The van der Waals surface area contributed by atoms with E-state index in [4.69, 9.17) is 9.47 Å². The molecule has 0 spiro atoms. The van der Waals surface area contributed by atoms with Gasteiger partial charge >= 0.3 is 12.1 Å². The fourth-order valence-corrected chi connectivity index (χ4v) is 3.64. The number of carbonyl (C=O) groups excluding carboxylic acids is 2. The van der Waals surface area contributed by atoms with Crippen molar-refractivity contribution in [3.8, 4) is 0 Å². The van der Waals surface area contributed by atoms with Gasteiger partial charge < -0.3 is 25.0 Å². The molecule has 1 saturated heterocycles. The molecule has 0 aliphatic carbocycles. The van der Waals surface area contributed by atoms with E-state index in [0.717, 1.165) is 18.4 Å². The molecule has 3 atom stereocenters. The van der Waals surface area contributed by atoms with E-state index >= 15 is 0 Å². The molecule has 1 fully saturated rings. The van der Waals surface area contributed by atoms with Crippen molar-refractivity contribution in [3.05, 3.63) is 35.6 Å². The zero-order chi connectivity index (χ0) is 23.9. The molecule has 1 heterocycles. The minimum atomic E-state index is -0.569. The van der Waals surface area contributed by atoms with Crippen LogP contribution in [0.2, 0.25) is 0 Å². The van der Waals surface area contributed by atoms with Crippen LogP contribution in [0.5, 0.6) is 0 Å². The van der Waals surface area contributed by atoms with E-state index in [0.29, 0.717) is 19.6 Å². The lowest BCUT2D eigenvalue weighted by molar-refractivity contribution is 0.0485. The van der Waals surface area contributed by atoms with E-state index in [1.165, 1.54) is 12.1 Å². The van der Waals surface area contributed by atoms with Crippen molar-refractivity contribution in [2.75, 3.05) is 20.2 Å². The monoisotopic (exact) mass is 451 g/mol. The summed E-state index contributed by atoms with van der Waals surface area (Å²) in [5, 5.41) is 5.96. The Morgan fingerprint density at radius 2 is 1.88 bits per heavy atom. The van der Waals surface area contributed by atoms with Gasteiger partial charge in [-0.2, -0.15) is 0 Å². The highest BCUT2D eigenvalue weighted by Crippen LogP contribution is 2.27. The lowest BCUT2D eigenvalue weighted by Gasteiger charge is -2.29. The van der Waals surface area contributed by atoms with Gasteiger partial charge in [0.05, 0.1) is 12.1 Å². The third-order valence-corrected chi connectivity index (χ3v) is 5.47. The van der Waals surface area contributed by atoms with Crippen LogP contribution in [-0.2, 0) is 9.47 Å². The third kappa shape index (κ3) is 8.30. The smallest absolute Gasteiger partial charge is 0.407 e. The molecule has 2 N–H and O–H groups in total. The molecule has 0 bridgehead atoms. The van der Waals surface area contributed by atoms with Gasteiger partial charge in [0.1, 0.15) is 11.4 Å². The average molecular weight is 452 g/mol. The highest BCUT2D eigenvalue weighted by atomic mass is 19.1. The molecular formula is C24H38FN3O4. The number of nitrogens with one attached hydrogen (secondary N) is 2. The number of ether oxygens (including phenoxy) is 2. The Morgan fingerprint density at radius 3 is 2.41 bits per heavy atom. The molecule has 3 unspecified atom stereocenters. The summed E-state index contributed by atoms with van der Waals surface area (Å²) in [6, 6.07) is 5.42. The summed E-state index contributed by atoms with van der Waals surface area (Å²) < 4.78 is 24.5. The molecule has 0 aromatic heterocycles. The van der Waals surface area contributed by atoms with Crippen LogP contribution in [-0.4, -0.2) is 55.0 Å². The summed E-state index contributed by atoms with van der Waals surface area (Å²) in [6.07, 6.45) is 1.75. The number of amides is 3. The van der Waals surface area contributed by atoms with Crippen LogP contribution >= 0.6 is 0 Å². The van der Waals surface area contributed by atoms with Crippen LogP contribution in [0.15, 0.2) is 24.3 Å². The van der Waals surface area contributed by atoms with Crippen molar-refractivity contribution >= 4 is 12.1 Å². The van der Waals surface area contributed by atoms with Crippen molar-refractivity contribution < 1.29 is 23.5 Å². The molecule has 1 aliphatic rings. The molecule has 180 valence electrons. The summed E-state index contributed by atoms with van der Waals surface area (Å²) >= 11 is 0. The Kier molecular flexibility index (Phi) is 9.31. The number of hydrogen-bond donors (Lipinski definition) is 2. The second-order valence-corrected chi connectivity index (χ2v) is 9.74. The topological polar surface area (TPSA) is 79.9 Å². The number of urea groups is 1. The molecule has 1 aromatic rings. The summed E-state index contributed by atoms with van der Waals surface area (Å²) in [5.74, 6) is -0.140. The second kappa shape index (κ2) is 11.5. The number of carbonyl (C=O) groups is 2. The van der Waals surface area contributed by atoms with Crippen molar-refractivity contribution in [2.45, 2.75) is 77.7 Å². The Hall–Kier alpha value is -2.35. The maximum absolute atomic E-state index is 13.4. The number of alkyl carbamates (subject to hydrolysis) is 1. The number of halogens is 1. The van der Waals surface area contributed by atoms with Gasteiger partial charge in [-0.1, -0.05) is 26.0 Å². The molecule has 0 radical (unpaired) electrons. The van der Waals surface area contributed by atoms with Crippen molar-refractivity contribution in [2.24, 2.45) is 5.92 Å². The Balaban J connectivity index is 1.96. The number of benzene rings is 1. The van der Waals surface area contributed by atoms with Crippen molar-refractivity contribution in [3.63, 3.8) is 0 Å². The number of nitrogens with zero attached hydrogens (tertiary/aromatic N) is 1. The van der Waals surface area contributed by atoms with Crippen LogP contribution in [0, 0.1) is 11.7 Å². The van der Waals surface area contributed by atoms with E-state index in [9.17, 15) is 14.0 Å². The molecule has 1 aromatic carbocycles. The molecule has 1 aliphatic heterocycles. The van der Waals surface area contributed by atoms with Gasteiger partial charge in [-0.05, 0) is 63.6 Å². The maximum atomic E-state index is 13.4. The Labute approximate surface area is 191 Å². The zero-order valence-electron chi connectivity index (χ0n) is 20.1. The molecular weight excluding hydrogens is 413 g/mol. The van der Waals surface area contributed by atoms with E-state index in [1.807, 2.05) is 34.6 Å². The summed E-state index contributed by atoms with van der Waals surface area (Å²) in [5.41, 5.74) is 0.242. The van der Waals surface area contributed by atoms with Crippen LogP contribution < -0.4 is 10.6 Å². The van der Waals surface area contributed by atoms with Crippen LogP contribution in [0.1, 0.15) is 65.5 Å². The van der Waals surface area contributed by atoms with Gasteiger partial charge in [-0.25, -0.2) is 14.0 Å². The lowest BCUT2D eigenvalue weighted by atomic mass is 9.99. The van der Waals surface area contributed by atoms with E-state index in [2.05, 4.69) is 10.6 Å². The predicted molar refractivity (Wildman–Crippen MR) is 122 cm³/mol. The highest BCUT2D eigenvalue weighted by molar-refractivity contribution is 5.74. The Morgan fingerprint density at radius 1 is 1.22 bits per heavy atom. The Bertz CT molecular complexity index is 743. The lowest BCUT2D eigenvalue weighted by Crippen LogP contribution is -2.46. The average Bonchev–Trinajstić information content (AvgIpc) is 3.22. The van der Waals surface area contributed by atoms with Crippen molar-refractivity contribution in [1.29, 1.82) is 0 Å². The van der Waals surface area contributed by atoms with Crippen LogP contribution in [0.3, 0.4) is 0 Å². The van der Waals surface area contributed by atoms with Gasteiger partial charge in [0.25, 0.3) is 0 Å². The predicted octanol–water partition coefficient (Wildman–Crippen LogP) is 4.63. The van der Waals surface area contributed by atoms with Gasteiger partial charge in [0, 0.05) is 26.2 Å². The fourth-order valence-electron chi connectivity index (χ4n) is 3.64. The first kappa shape index (κ1) is 25.9. The maximum Gasteiger partial charge on any atom is 0.407 e. The summed E-state index contributed by atoms with van der Waals surface area (Å²) in [7, 11) is 1.72. The summed E-state index contributed by atoms with van der Waals surface area (Å²) in [4.78, 5) is 26.7. The normalized spacial score (nSPS) is 18.2. The zero-order valence-corrected chi connectivity index (χ0v) is 20.1. The quantitative estimate of drug-likeness (QED) is 0.604. The molecule has 0 saturated carbocycles. The number of hydrogen-bond acceptors (Lipinski definition) is 4. The minimum Gasteiger partial charge on any atom is -0.444 e. The van der Waals surface area contributed by atoms with E-state index < -0.39 is 11.7 Å². The molecule has 8 heteroatoms. The van der Waals surface area contributed by atoms with Crippen LogP contribution in [0.25, 0.3) is 0 Å². The first-order valence-electron chi connectivity index (χ1n) is 11.3. The first-order valence-corrected chi connectivity index (χ1v) is 11.3. The molecule has 32 heavy (non-hydrogen) atoms. The van der Waals surface area contributed by atoms with Crippen molar-refractivity contribution in [1.82, 2.24) is 15.5 Å². The minimum absolute atomic E-state index is 0.133. The molecule has 2 rings (SSSR count). The second-order valence-electron chi connectivity index (χ2n) is 9.74. The van der Waals surface area contributed by atoms with Gasteiger partial charge in [-0.3, -0.25) is 0 Å². The highest BCUT2D eigenvalue weighted by Gasteiger charge is 2.30. The third-order valence-electron chi connectivity index (χ3n) is 5.47. The van der Waals surface area contributed by atoms with Gasteiger partial charge in [0.2, 0.25) is 0 Å². The van der Waals surface area contributed by atoms with Gasteiger partial charge in [0.15, 0.2) is 0 Å². The van der Waals surface area contributed by atoms with Crippen LogP contribution in [0.4, 0.5) is 14.0 Å². The fraction of sp³-hybridized carbons (Fsp3) is 0.667. The first-order chi connectivity index (χ1) is 15.0. The SMILES string of the molecule is CC(C)C(CCN(C)C(=O)NC(c1ccc(F)cc1)C1CCCO1)NC(=O)OC(C)(C)C. The largest absolute Gasteiger partial charge is 0.444 e. The van der Waals surface area contributed by atoms with Gasteiger partial charge in [-0.15, -0.1) is 0 Å². The summed E-state index contributed by atoms with van der Waals surface area (Å²) in [6.45, 7) is 10.6.